The molecule has 1 aliphatic heterocycles. The third-order valence-electron chi connectivity index (χ3n) is 6.14. The molecule has 7 heteroatoms. The van der Waals surface area contributed by atoms with Crippen LogP contribution in [0.1, 0.15) is 35.2 Å². The number of fused-ring (bicyclic) bond motifs is 2. The normalized spacial score (nSPS) is 15.6. The number of hydrogen-bond acceptors (Lipinski definition) is 3. The Morgan fingerprint density at radius 1 is 1.00 bits per heavy atom. The lowest BCUT2D eigenvalue weighted by atomic mass is 9.88. The van der Waals surface area contributed by atoms with Crippen molar-refractivity contribution in [1.29, 1.82) is 0 Å². The summed E-state index contributed by atoms with van der Waals surface area (Å²) in [5, 5.41) is 4.41. The minimum Gasteiger partial charge on any atom is -0.324 e. The van der Waals surface area contributed by atoms with Gasteiger partial charge in [-0.05, 0) is 72.7 Å². The minimum absolute atomic E-state index is 0.100. The van der Waals surface area contributed by atoms with Crippen LogP contribution >= 0.6 is 23.2 Å². The number of urea groups is 1. The van der Waals surface area contributed by atoms with Gasteiger partial charge in [0.1, 0.15) is 0 Å². The summed E-state index contributed by atoms with van der Waals surface area (Å²) in [7, 11) is 0. The van der Waals surface area contributed by atoms with Crippen LogP contribution in [-0.4, -0.2) is 34.0 Å². The van der Waals surface area contributed by atoms with Crippen LogP contribution in [0, 0.1) is 0 Å². The molecule has 0 radical (unpaired) electrons. The molecule has 0 atom stereocenters. The molecule has 3 aromatic rings. The number of carbonyl (C=O) groups excluding carboxylic acids is 1. The van der Waals surface area contributed by atoms with Crippen molar-refractivity contribution in [2.75, 3.05) is 18.4 Å². The van der Waals surface area contributed by atoms with Gasteiger partial charge >= 0.3 is 6.03 Å². The summed E-state index contributed by atoms with van der Waals surface area (Å²) in [5.74, 6) is 0. The van der Waals surface area contributed by atoms with Crippen molar-refractivity contribution in [3.8, 4) is 0 Å². The molecule has 0 bridgehead atoms. The van der Waals surface area contributed by atoms with E-state index in [0.29, 0.717) is 18.8 Å². The van der Waals surface area contributed by atoms with Gasteiger partial charge in [-0.3, -0.25) is 9.97 Å². The number of carbonyl (C=O) groups is 1. The van der Waals surface area contributed by atoms with Gasteiger partial charge in [-0.1, -0.05) is 34.8 Å². The van der Waals surface area contributed by atoms with E-state index in [1.54, 1.807) is 24.7 Å². The van der Waals surface area contributed by atoms with Gasteiger partial charge in [-0.2, -0.15) is 0 Å². The number of aryl methyl sites for hydroxylation is 1. The van der Waals surface area contributed by atoms with Crippen molar-refractivity contribution in [3.05, 3.63) is 93.0 Å². The number of nitrogens with zero attached hydrogens (tertiary/aromatic N) is 3. The van der Waals surface area contributed by atoms with Crippen molar-refractivity contribution in [2.24, 2.45) is 0 Å². The number of anilines is 1. The predicted molar refractivity (Wildman–Crippen MR) is 128 cm³/mol. The maximum atomic E-state index is 12.7. The van der Waals surface area contributed by atoms with E-state index >= 15 is 0 Å². The number of aromatic nitrogens is 2. The molecule has 1 N–H and O–H groups in total. The van der Waals surface area contributed by atoms with E-state index in [2.05, 4.69) is 16.4 Å². The van der Waals surface area contributed by atoms with Crippen LogP contribution in [-0.2, 0) is 12.8 Å². The first-order chi connectivity index (χ1) is 15.6. The van der Waals surface area contributed by atoms with Gasteiger partial charge in [0.15, 0.2) is 0 Å². The number of likely N-dealkylation sites (tertiary alicyclic amines) is 1. The fourth-order valence-electron chi connectivity index (χ4n) is 4.55. The third kappa shape index (κ3) is 4.10. The average Bonchev–Trinajstić information content (AvgIpc) is 2.97. The number of amides is 2. The predicted octanol–water partition coefficient (Wildman–Crippen LogP) is 6.01. The van der Waals surface area contributed by atoms with Crippen LogP contribution in [0.15, 0.2) is 60.6 Å². The van der Waals surface area contributed by atoms with Gasteiger partial charge < -0.3 is 10.2 Å². The molecule has 1 saturated heterocycles. The van der Waals surface area contributed by atoms with Crippen LogP contribution in [0.2, 0.25) is 10.0 Å². The summed E-state index contributed by atoms with van der Waals surface area (Å²) in [6, 6.07) is 11.5. The number of halogens is 2. The molecule has 2 aromatic heterocycles. The highest BCUT2D eigenvalue weighted by Gasteiger charge is 2.27. The highest BCUT2D eigenvalue weighted by Crippen LogP contribution is 2.40. The highest BCUT2D eigenvalue weighted by atomic mass is 35.5. The summed E-state index contributed by atoms with van der Waals surface area (Å²) in [6.45, 7) is 1.29. The van der Waals surface area contributed by atoms with Crippen LogP contribution < -0.4 is 5.32 Å². The Hall–Kier alpha value is -2.89. The van der Waals surface area contributed by atoms with Crippen LogP contribution in [0.3, 0.4) is 0 Å². The second-order valence-electron chi connectivity index (χ2n) is 8.06. The molecule has 2 aliphatic rings. The van der Waals surface area contributed by atoms with Gasteiger partial charge in [-0.15, -0.1) is 0 Å². The number of pyridine rings is 2. The molecule has 1 aliphatic carbocycles. The van der Waals surface area contributed by atoms with Crippen LogP contribution in [0.25, 0.3) is 5.57 Å². The van der Waals surface area contributed by atoms with Crippen molar-refractivity contribution in [2.45, 2.75) is 25.7 Å². The maximum Gasteiger partial charge on any atom is 0.321 e. The summed E-state index contributed by atoms with van der Waals surface area (Å²) in [6.07, 6.45) is 8.37. The topological polar surface area (TPSA) is 58.1 Å². The molecule has 0 unspecified atom stereocenters. The second kappa shape index (κ2) is 8.93. The molecule has 1 aromatic carbocycles. The lowest BCUT2D eigenvalue weighted by Crippen LogP contribution is -2.39. The summed E-state index contributed by atoms with van der Waals surface area (Å²) in [4.78, 5) is 23.4. The molecule has 2 amide bonds. The van der Waals surface area contributed by atoms with Gasteiger partial charge in [-0.25, -0.2) is 4.79 Å². The Kier molecular flexibility index (Phi) is 5.85. The zero-order chi connectivity index (χ0) is 22.1. The number of rotatable bonds is 1. The van der Waals surface area contributed by atoms with Gasteiger partial charge in [0.25, 0.3) is 0 Å². The molecule has 162 valence electrons. The number of benzene rings is 1. The standard InChI is InChI=1S/C25H22Cl2N4O/c26-18-4-6-20-17(14-18)3-5-21-22(27)7-11-29-24(21)23(20)16-8-12-31(13-9-16)25(32)30-19-2-1-10-28-15-19/h1-2,4,6-7,10-11,14-15H,3,5,8-9,12-13H2,(H,30,32). The van der Waals surface area contributed by atoms with E-state index in [1.165, 1.54) is 16.7 Å². The largest absolute Gasteiger partial charge is 0.324 e. The third-order valence-corrected chi connectivity index (χ3v) is 6.73. The average molecular weight is 465 g/mol. The Labute approximate surface area is 197 Å². The Bertz CT molecular complexity index is 1200. The number of hydrogen-bond donors (Lipinski definition) is 1. The molecule has 3 heterocycles. The second-order valence-corrected chi connectivity index (χ2v) is 8.90. The van der Waals surface area contributed by atoms with Crippen LogP contribution in [0.5, 0.6) is 0 Å². The lowest BCUT2D eigenvalue weighted by Gasteiger charge is -2.30. The first kappa shape index (κ1) is 21.0. The molecule has 0 spiro atoms. The van der Waals surface area contributed by atoms with Crippen molar-refractivity contribution in [1.82, 2.24) is 14.9 Å². The highest BCUT2D eigenvalue weighted by molar-refractivity contribution is 6.31. The van der Waals surface area contributed by atoms with E-state index in [-0.39, 0.29) is 6.03 Å². The van der Waals surface area contributed by atoms with Crippen molar-refractivity contribution in [3.63, 3.8) is 0 Å². The van der Waals surface area contributed by atoms with E-state index in [0.717, 1.165) is 52.6 Å². The fourth-order valence-corrected chi connectivity index (χ4v) is 4.98. The van der Waals surface area contributed by atoms with Crippen molar-refractivity contribution < 1.29 is 4.79 Å². The zero-order valence-electron chi connectivity index (χ0n) is 17.4. The van der Waals surface area contributed by atoms with Crippen LogP contribution in [0.4, 0.5) is 10.5 Å². The minimum atomic E-state index is -0.100. The first-order valence-corrected chi connectivity index (χ1v) is 11.5. The summed E-state index contributed by atoms with van der Waals surface area (Å²) in [5.41, 5.74) is 7.58. The monoisotopic (exact) mass is 464 g/mol. The molecule has 1 fully saturated rings. The Balaban J connectivity index is 1.47. The molecule has 5 nitrogen and oxygen atoms in total. The Morgan fingerprint density at radius 3 is 2.62 bits per heavy atom. The molecule has 5 rings (SSSR count). The molecule has 32 heavy (non-hydrogen) atoms. The first-order valence-electron chi connectivity index (χ1n) is 10.7. The van der Waals surface area contributed by atoms with Gasteiger partial charge in [0.05, 0.1) is 17.6 Å². The summed E-state index contributed by atoms with van der Waals surface area (Å²) < 4.78 is 0. The molecular weight excluding hydrogens is 443 g/mol. The van der Waals surface area contributed by atoms with E-state index in [1.807, 2.05) is 29.2 Å². The van der Waals surface area contributed by atoms with Crippen molar-refractivity contribution >= 4 is 40.5 Å². The van der Waals surface area contributed by atoms with Gasteiger partial charge in [0.2, 0.25) is 0 Å². The smallest absolute Gasteiger partial charge is 0.321 e. The SMILES string of the molecule is O=C(Nc1cccnc1)N1CCC(=C2c3ccc(Cl)cc3CCc3c(Cl)ccnc32)CC1. The molecular formula is C25H22Cl2N4O. The Morgan fingerprint density at radius 2 is 1.84 bits per heavy atom. The van der Waals surface area contributed by atoms with E-state index in [4.69, 9.17) is 28.2 Å². The maximum absolute atomic E-state index is 12.7. The zero-order valence-corrected chi connectivity index (χ0v) is 19.0. The number of piperidine rings is 1. The van der Waals surface area contributed by atoms with E-state index in [9.17, 15) is 4.79 Å². The quantitative estimate of drug-likeness (QED) is 0.479. The van der Waals surface area contributed by atoms with E-state index < -0.39 is 0 Å². The lowest BCUT2D eigenvalue weighted by molar-refractivity contribution is 0.207. The number of nitrogens with one attached hydrogen (secondary N) is 1. The summed E-state index contributed by atoms with van der Waals surface area (Å²) >= 11 is 12.9. The molecule has 0 saturated carbocycles. The van der Waals surface area contributed by atoms with Gasteiger partial charge in [0, 0.05) is 41.1 Å². The fraction of sp³-hybridized carbons (Fsp3) is 0.240.